The van der Waals surface area contributed by atoms with Crippen molar-refractivity contribution in [3.8, 4) is 5.75 Å². The van der Waals surface area contributed by atoms with Crippen molar-refractivity contribution >= 4 is 27.8 Å². The van der Waals surface area contributed by atoms with Crippen LogP contribution in [0.3, 0.4) is 0 Å². The van der Waals surface area contributed by atoms with Gasteiger partial charge < -0.3 is 20.1 Å². The molecule has 1 unspecified atom stereocenters. The molecule has 0 aliphatic carbocycles. The predicted octanol–water partition coefficient (Wildman–Crippen LogP) is 2.16. The van der Waals surface area contributed by atoms with Gasteiger partial charge >= 0.3 is 0 Å². The molecular formula is C13H20N2O3S. The van der Waals surface area contributed by atoms with Gasteiger partial charge in [-0.05, 0) is 6.42 Å². The fourth-order valence-electron chi connectivity index (χ4n) is 2.29. The van der Waals surface area contributed by atoms with Crippen LogP contribution in [-0.2, 0) is 4.74 Å². The summed E-state index contributed by atoms with van der Waals surface area (Å²) in [6.07, 6.45) is 1.67. The number of nitrogens with two attached hydrogens (primary N) is 1. The Kier molecular flexibility index (Phi) is 4.31. The third-order valence-corrected chi connectivity index (χ3v) is 4.71. The lowest BCUT2D eigenvalue weighted by Crippen LogP contribution is -2.21. The van der Waals surface area contributed by atoms with Crippen LogP contribution in [0.1, 0.15) is 29.4 Å². The molecule has 0 radical (unpaired) electrons. The van der Waals surface area contributed by atoms with Crippen molar-refractivity contribution in [3.63, 3.8) is 0 Å². The number of hydrogen-bond acceptors (Lipinski definition) is 6. The first kappa shape index (κ1) is 14.1. The molecule has 106 valence electrons. The van der Waals surface area contributed by atoms with Crippen LogP contribution in [0, 0.1) is 0 Å². The van der Waals surface area contributed by atoms with Crippen LogP contribution >= 0.6 is 11.3 Å². The highest BCUT2D eigenvalue weighted by molar-refractivity contribution is 7.19. The second kappa shape index (κ2) is 5.79. The van der Waals surface area contributed by atoms with E-state index in [0.29, 0.717) is 22.7 Å². The van der Waals surface area contributed by atoms with E-state index in [1.807, 2.05) is 6.92 Å². The molecule has 2 rings (SSSR count). The molecule has 1 aliphatic heterocycles. The summed E-state index contributed by atoms with van der Waals surface area (Å²) in [5.41, 5.74) is 6.50. The van der Waals surface area contributed by atoms with Crippen molar-refractivity contribution in [2.24, 2.45) is 0 Å². The van der Waals surface area contributed by atoms with Crippen molar-refractivity contribution in [2.45, 2.75) is 25.9 Å². The van der Waals surface area contributed by atoms with Crippen LogP contribution in [0.2, 0.25) is 0 Å². The summed E-state index contributed by atoms with van der Waals surface area (Å²) < 4.78 is 10.7. The number of Topliss-reactive ketones (excluding diaryl/α,β-unsaturated/α-hetero) is 1. The maximum absolute atomic E-state index is 11.9. The quantitative estimate of drug-likeness (QED) is 0.839. The van der Waals surface area contributed by atoms with Crippen LogP contribution in [0.4, 0.5) is 10.7 Å². The molecule has 1 aromatic heterocycles. The number of thiophene rings is 1. The summed E-state index contributed by atoms with van der Waals surface area (Å²) in [4.78, 5) is 14.7. The molecule has 1 aromatic rings. The summed E-state index contributed by atoms with van der Waals surface area (Å²) >= 11 is 1.42. The lowest BCUT2D eigenvalue weighted by Gasteiger charge is -2.17. The summed E-state index contributed by atoms with van der Waals surface area (Å²) in [5.74, 6) is 0.688. The molecule has 2 N–H and O–H groups in total. The predicted molar refractivity (Wildman–Crippen MR) is 77.5 cm³/mol. The molecule has 1 atom stereocenters. The normalized spacial score (nSPS) is 18.9. The standard InChI is InChI=1S/C13H20N2O3S/c1-4-9(16)12-10(14)11(18-3)13(19-12)15-6-5-8(7-15)17-2/h8H,4-7,14H2,1-3H3. The highest BCUT2D eigenvalue weighted by atomic mass is 32.1. The van der Waals surface area contributed by atoms with Gasteiger partial charge in [-0.1, -0.05) is 6.92 Å². The molecule has 19 heavy (non-hydrogen) atoms. The summed E-state index contributed by atoms with van der Waals surface area (Å²) in [6, 6.07) is 0. The van der Waals surface area contributed by atoms with Crippen molar-refractivity contribution in [2.75, 3.05) is 37.9 Å². The van der Waals surface area contributed by atoms with Gasteiger partial charge in [-0.15, -0.1) is 11.3 Å². The monoisotopic (exact) mass is 284 g/mol. The molecule has 0 amide bonds. The van der Waals surface area contributed by atoms with Crippen molar-refractivity contribution in [1.82, 2.24) is 0 Å². The van der Waals surface area contributed by atoms with E-state index in [2.05, 4.69) is 4.90 Å². The highest BCUT2D eigenvalue weighted by Crippen LogP contribution is 2.46. The molecule has 1 aliphatic rings. The van der Waals surface area contributed by atoms with Gasteiger partial charge in [0.25, 0.3) is 0 Å². The van der Waals surface area contributed by atoms with Gasteiger partial charge in [0.05, 0.1) is 23.8 Å². The number of nitrogen functional groups attached to an aromatic ring is 1. The Morgan fingerprint density at radius 3 is 2.79 bits per heavy atom. The minimum absolute atomic E-state index is 0.0644. The van der Waals surface area contributed by atoms with Crippen molar-refractivity contribution in [1.29, 1.82) is 0 Å². The van der Waals surface area contributed by atoms with E-state index in [1.165, 1.54) is 11.3 Å². The lowest BCUT2D eigenvalue weighted by atomic mass is 10.2. The largest absolute Gasteiger partial charge is 0.492 e. The van der Waals surface area contributed by atoms with Crippen LogP contribution in [0.5, 0.6) is 5.75 Å². The number of anilines is 2. The molecule has 5 nitrogen and oxygen atoms in total. The van der Waals surface area contributed by atoms with E-state index in [-0.39, 0.29) is 11.9 Å². The molecule has 1 fully saturated rings. The van der Waals surface area contributed by atoms with Gasteiger partial charge in [-0.3, -0.25) is 4.79 Å². The maximum Gasteiger partial charge on any atom is 0.177 e. The van der Waals surface area contributed by atoms with Gasteiger partial charge in [-0.25, -0.2) is 0 Å². The highest BCUT2D eigenvalue weighted by Gasteiger charge is 2.29. The van der Waals surface area contributed by atoms with E-state index in [0.717, 1.165) is 24.5 Å². The molecule has 1 saturated heterocycles. The first-order valence-electron chi connectivity index (χ1n) is 6.39. The Hall–Kier alpha value is -1.27. The van der Waals surface area contributed by atoms with Crippen molar-refractivity contribution < 1.29 is 14.3 Å². The molecule has 6 heteroatoms. The number of carbonyl (C=O) groups excluding carboxylic acids is 1. The smallest absolute Gasteiger partial charge is 0.177 e. The van der Waals surface area contributed by atoms with Crippen molar-refractivity contribution in [3.05, 3.63) is 4.88 Å². The third kappa shape index (κ3) is 2.55. The number of rotatable bonds is 5. The zero-order valence-electron chi connectivity index (χ0n) is 11.6. The SMILES string of the molecule is CCC(=O)c1sc(N2CCC(OC)C2)c(OC)c1N. The Labute approximate surface area is 117 Å². The summed E-state index contributed by atoms with van der Waals surface area (Å²) in [6.45, 7) is 3.55. The fourth-order valence-corrected chi connectivity index (χ4v) is 3.53. The van der Waals surface area contributed by atoms with Gasteiger partial charge in [0, 0.05) is 26.6 Å². The minimum Gasteiger partial charge on any atom is -0.492 e. The Bertz CT molecular complexity index is 473. The van der Waals surface area contributed by atoms with E-state index in [1.54, 1.807) is 14.2 Å². The second-order valence-electron chi connectivity index (χ2n) is 4.55. The average Bonchev–Trinajstić information content (AvgIpc) is 3.01. The van der Waals surface area contributed by atoms with Crippen LogP contribution in [0.25, 0.3) is 0 Å². The average molecular weight is 284 g/mol. The van der Waals surface area contributed by atoms with E-state index < -0.39 is 0 Å². The summed E-state index contributed by atoms with van der Waals surface area (Å²) in [7, 11) is 3.31. The molecule has 0 bridgehead atoms. The van der Waals surface area contributed by atoms with Crippen LogP contribution < -0.4 is 15.4 Å². The fraction of sp³-hybridized carbons (Fsp3) is 0.615. The lowest BCUT2D eigenvalue weighted by molar-refractivity contribution is 0.0992. The molecule has 2 heterocycles. The van der Waals surface area contributed by atoms with E-state index in [4.69, 9.17) is 15.2 Å². The Morgan fingerprint density at radius 1 is 1.53 bits per heavy atom. The van der Waals surface area contributed by atoms with E-state index in [9.17, 15) is 4.79 Å². The third-order valence-electron chi connectivity index (χ3n) is 3.43. The molecular weight excluding hydrogens is 264 g/mol. The van der Waals surface area contributed by atoms with E-state index >= 15 is 0 Å². The zero-order chi connectivity index (χ0) is 14.0. The van der Waals surface area contributed by atoms with Crippen LogP contribution in [-0.4, -0.2) is 39.2 Å². The van der Waals surface area contributed by atoms with Gasteiger partial charge in [0.2, 0.25) is 0 Å². The first-order chi connectivity index (χ1) is 9.12. The van der Waals surface area contributed by atoms with Gasteiger partial charge in [-0.2, -0.15) is 0 Å². The number of carbonyl (C=O) groups is 1. The topological polar surface area (TPSA) is 64.8 Å². The number of hydrogen-bond donors (Lipinski definition) is 1. The number of ketones is 1. The Morgan fingerprint density at radius 2 is 2.26 bits per heavy atom. The van der Waals surface area contributed by atoms with Crippen LogP contribution in [0.15, 0.2) is 0 Å². The van der Waals surface area contributed by atoms with Gasteiger partial charge in [0.1, 0.15) is 5.00 Å². The maximum atomic E-state index is 11.9. The number of methoxy groups -OCH3 is 2. The number of nitrogens with zero attached hydrogens (tertiary/aromatic N) is 1. The zero-order valence-corrected chi connectivity index (χ0v) is 12.4. The van der Waals surface area contributed by atoms with Gasteiger partial charge in [0.15, 0.2) is 11.5 Å². The molecule has 0 saturated carbocycles. The summed E-state index contributed by atoms with van der Waals surface area (Å²) in [5, 5.41) is 0.941. The first-order valence-corrected chi connectivity index (χ1v) is 7.21. The minimum atomic E-state index is 0.0644. The second-order valence-corrected chi connectivity index (χ2v) is 5.55. The molecule has 0 aromatic carbocycles. The Balaban J connectivity index is 2.32. The molecule has 0 spiro atoms. The number of ether oxygens (including phenoxy) is 2.